The lowest BCUT2D eigenvalue weighted by Gasteiger charge is -2.09. The molecule has 6 nitrogen and oxygen atoms in total. The fourth-order valence-electron chi connectivity index (χ4n) is 2.01. The number of rotatable bonds is 4. The predicted molar refractivity (Wildman–Crippen MR) is 81.0 cm³/mol. The molecule has 0 saturated heterocycles. The standard InChI is InChI=1S/C13H15ClN4O2S/c1-6-10(13(19)20)12(16-8(3)15-6)21-5-9-11(14)7(2)17-18(9)4/h5H2,1-4H3,(H,19,20). The second-order valence-corrected chi connectivity index (χ2v) is 5.94. The van der Waals surface area contributed by atoms with E-state index in [1.165, 1.54) is 11.8 Å². The van der Waals surface area contributed by atoms with Gasteiger partial charge in [-0.15, -0.1) is 0 Å². The number of thioether (sulfide) groups is 1. The van der Waals surface area contributed by atoms with E-state index >= 15 is 0 Å². The molecule has 2 aromatic heterocycles. The number of hydrogen-bond acceptors (Lipinski definition) is 5. The number of carboxylic acids is 1. The van der Waals surface area contributed by atoms with E-state index in [0.717, 1.165) is 11.4 Å². The molecule has 2 rings (SSSR count). The van der Waals surface area contributed by atoms with Crippen molar-refractivity contribution in [2.24, 2.45) is 7.05 Å². The Bertz CT molecular complexity index is 715. The Balaban J connectivity index is 2.34. The van der Waals surface area contributed by atoms with Gasteiger partial charge in [0.25, 0.3) is 0 Å². The smallest absolute Gasteiger partial charge is 0.340 e. The summed E-state index contributed by atoms with van der Waals surface area (Å²) in [5.74, 6) is 0.0152. The van der Waals surface area contributed by atoms with Gasteiger partial charge >= 0.3 is 5.97 Å². The zero-order valence-corrected chi connectivity index (χ0v) is 13.7. The van der Waals surface area contributed by atoms with Crippen LogP contribution in [0.3, 0.4) is 0 Å². The first-order valence-corrected chi connectivity index (χ1v) is 7.57. The molecule has 0 aromatic carbocycles. The van der Waals surface area contributed by atoms with Gasteiger partial charge in [-0.2, -0.15) is 5.10 Å². The zero-order valence-electron chi connectivity index (χ0n) is 12.1. The molecule has 21 heavy (non-hydrogen) atoms. The van der Waals surface area contributed by atoms with Crippen molar-refractivity contribution in [1.29, 1.82) is 0 Å². The molecular weight excluding hydrogens is 312 g/mol. The van der Waals surface area contributed by atoms with Crippen LogP contribution in [0.15, 0.2) is 5.03 Å². The van der Waals surface area contributed by atoms with Crippen molar-refractivity contribution < 1.29 is 9.90 Å². The molecule has 0 amide bonds. The molecule has 2 heterocycles. The molecule has 1 N–H and O–H groups in total. The number of aromatic nitrogens is 4. The summed E-state index contributed by atoms with van der Waals surface area (Å²) in [7, 11) is 1.81. The van der Waals surface area contributed by atoms with E-state index < -0.39 is 5.97 Å². The van der Waals surface area contributed by atoms with Gasteiger partial charge in [0.1, 0.15) is 16.4 Å². The van der Waals surface area contributed by atoms with Crippen LogP contribution in [0.25, 0.3) is 0 Å². The molecule has 0 aliphatic rings. The molecule has 0 radical (unpaired) electrons. The van der Waals surface area contributed by atoms with Gasteiger partial charge in [-0.1, -0.05) is 23.4 Å². The highest BCUT2D eigenvalue weighted by atomic mass is 35.5. The minimum Gasteiger partial charge on any atom is -0.478 e. The van der Waals surface area contributed by atoms with Gasteiger partial charge < -0.3 is 5.11 Å². The van der Waals surface area contributed by atoms with E-state index in [0.29, 0.717) is 27.3 Å². The molecule has 0 atom stereocenters. The molecule has 0 bridgehead atoms. The van der Waals surface area contributed by atoms with Crippen LogP contribution < -0.4 is 0 Å². The van der Waals surface area contributed by atoms with Crippen molar-refractivity contribution in [2.45, 2.75) is 31.6 Å². The summed E-state index contributed by atoms with van der Waals surface area (Å²) in [5.41, 5.74) is 2.19. The minimum absolute atomic E-state index is 0.139. The maximum atomic E-state index is 11.4. The Kier molecular flexibility index (Phi) is 4.53. The van der Waals surface area contributed by atoms with E-state index in [2.05, 4.69) is 15.1 Å². The first kappa shape index (κ1) is 15.8. The molecule has 0 aliphatic heterocycles. The molecule has 0 aliphatic carbocycles. The van der Waals surface area contributed by atoms with E-state index in [4.69, 9.17) is 11.6 Å². The number of aromatic carboxylic acids is 1. The van der Waals surface area contributed by atoms with Crippen LogP contribution in [-0.4, -0.2) is 30.8 Å². The second-order valence-electron chi connectivity index (χ2n) is 4.60. The third-order valence-electron chi connectivity index (χ3n) is 2.99. The Morgan fingerprint density at radius 1 is 1.29 bits per heavy atom. The lowest BCUT2D eigenvalue weighted by Crippen LogP contribution is -2.08. The van der Waals surface area contributed by atoms with Crippen LogP contribution in [0, 0.1) is 20.8 Å². The van der Waals surface area contributed by atoms with Gasteiger partial charge in [-0.05, 0) is 20.8 Å². The van der Waals surface area contributed by atoms with Gasteiger partial charge in [0.2, 0.25) is 0 Å². The number of aryl methyl sites for hydroxylation is 4. The summed E-state index contributed by atoms with van der Waals surface area (Å²) in [6, 6.07) is 0. The van der Waals surface area contributed by atoms with Gasteiger partial charge in [-0.3, -0.25) is 4.68 Å². The first-order valence-electron chi connectivity index (χ1n) is 6.20. The van der Waals surface area contributed by atoms with E-state index in [-0.39, 0.29) is 5.56 Å². The fourth-order valence-corrected chi connectivity index (χ4v) is 3.49. The number of nitrogens with zero attached hydrogens (tertiary/aromatic N) is 4. The average molecular weight is 327 g/mol. The molecule has 0 fully saturated rings. The lowest BCUT2D eigenvalue weighted by atomic mass is 10.2. The highest BCUT2D eigenvalue weighted by molar-refractivity contribution is 7.98. The molecule has 0 spiro atoms. The SMILES string of the molecule is Cc1nc(C)c(C(=O)O)c(SCc2c(Cl)c(C)nn2C)n1. The fraction of sp³-hybridized carbons (Fsp3) is 0.385. The van der Waals surface area contributed by atoms with E-state index in [9.17, 15) is 9.90 Å². The topological polar surface area (TPSA) is 80.9 Å². The molecule has 2 aromatic rings. The van der Waals surface area contributed by atoms with Crippen LogP contribution in [0.4, 0.5) is 0 Å². The molecular formula is C13H15ClN4O2S. The molecule has 112 valence electrons. The van der Waals surface area contributed by atoms with Crippen molar-refractivity contribution in [3.63, 3.8) is 0 Å². The number of hydrogen-bond donors (Lipinski definition) is 1. The highest BCUT2D eigenvalue weighted by Gasteiger charge is 2.19. The molecule has 0 saturated carbocycles. The Morgan fingerprint density at radius 2 is 1.95 bits per heavy atom. The summed E-state index contributed by atoms with van der Waals surface area (Å²) in [6.07, 6.45) is 0. The maximum Gasteiger partial charge on any atom is 0.340 e. The van der Waals surface area contributed by atoms with Crippen molar-refractivity contribution in [3.05, 3.63) is 33.5 Å². The van der Waals surface area contributed by atoms with Crippen LogP contribution in [0.5, 0.6) is 0 Å². The average Bonchev–Trinajstić information content (AvgIpc) is 2.59. The summed E-state index contributed by atoms with van der Waals surface area (Å²) in [4.78, 5) is 19.7. The number of halogens is 1. The zero-order chi connectivity index (χ0) is 15.7. The summed E-state index contributed by atoms with van der Waals surface area (Å²) >= 11 is 7.52. The van der Waals surface area contributed by atoms with Crippen LogP contribution >= 0.6 is 23.4 Å². The molecule has 8 heteroatoms. The third kappa shape index (κ3) is 3.19. The summed E-state index contributed by atoms with van der Waals surface area (Å²) < 4.78 is 1.70. The minimum atomic E-state index is -1.03. The third-order valence-corrected chi connectivity index (χ3v) is 4.47. The van der Waals surface area contributed by atoms with E-state index in [1.54, 1.807) is 18.5 Å². The van der Waals surface area contributed by atoms with E-state index in [1.807, 2.05) is 14.0 Å². The summed E-state index contributed by atoms with van der Waals surface area (Å²) in [6.45, 7) is 5.24. The van der Waals surface area contributed by atoms with Crippen molar-refractivity contribution >= 4 is 29.3 Å². The Morgan fingerprint density at radius 3 is 2.48 bits per heavy atom. The second kappa shape index (κ2) is 6.03. The molecule has 0 unspecified atom stereocenters. The highest BCUT2D eigenvalue weighted by Crippen LogP contribution is 2.30. The van der Waals surface area contributed by atoms with Crippen molar-refractivity contribution in [2.75, 3.05) is 0 Å². The van der Waals surface area contributed by atoms with Crippen LogP contribution in [-0.2, 0) is 12.8 Å². The van der Waals surface area contributed by atoms with Gasteiger partial charge in [0.15, 0.2) is 0 Å². The summed E-state index contributed by atoms with van der Waals surface area (Å²) in [5, 5.41) is 14.6. The lowest BCUT2D eigenvalue weighted by molar-refractivity contribution is 0.0690. The van der Waals surface area contributed by atoms with Crippen LogP contribution in [0.2, 0.25) is 5.02 Å². The van der Waals surface area contributed by atoms with Gasteiger partial charge in [0.05, 0.1) is 22.1 Å². The van der Waals surface area contributed by atoms with Gasteiger partial charge in [0, 0.05) is 12.8 Å². The quantitative estimate of drug-likeness (QED) is 0.687. The van der Waals surface area contributed by atoms with Crippen molar-refractivity contribution in [1.82, 2.24) is 19.7 Å². The monoisotopic (exact) mass is 326 g/mol. The van der Waals surface area contributed by atoms with Crippen molar-refractivity contribution in [3.8, 4) is 0 Å². The van der Waals surface area contributed by atoms with Gasteiger partial charge in [-0.25, -0.2) is 14.8 Å². The predicted octanol–water partition coefficient (Wildman–Crippen LogP) is 2.78. The number of carboxylic acid groups (broad SMARTS) is 1. The number of carbonyl (C=O) groups is 1. The first-order chi connectivity index (χ1) is 9.81. The Labute approximate surface area is 131 Å². The Hall–Kier alpha value is -1.60. The maximum absolute atomic E-state index is 11.4. The van der Waals surface area contributed by atoms with Crippen LogP contribution in [0.1, 0.15) is 33.3 Å². The normalized spacial score (nSPS) is 10.9. The largest absolute Gasteiger partial charge is 0.478 e.